The van der Waals surface area contributed by atoms with Gasteiger partial charge in [-0.15, -0.1) is 0 Å². The van der Waals surface area contributed by atoms with Crippen LogP contribution in [0.5, 0.6) is 0 Å². The normalized spacial score (nSPS) is 11.1. The quantitative estimate of drug-likeness (QED) is 0.175. The van der Waals surface area contributed by atoms with Crippen molar-refractivity contribution in [2.45, 2.75) is 11.3 Å². The Morgan fingerprint density at radius 3 is 2.81 bits per heavy atom. The summed E-state index contributed by atoms with van der Waals surface area (Å²) in [7, 11) is 0. The zero-order chi connectivity index (χ0) is 21.6. The minimum absolute atomic E-state index is 0.319. The zero-order valence-corrected chi connectivity index (χ0v) is 19.3. The third kappa shape index (κ3) is 5.68. The lowest BCUT2D eigenvalue weighted by Crippen LogP contribution is -2.11. The number of imidazole rings is 1. The van der Waals surface area contributed by atoms with Crippen LogP contribution in [0, 0.1) is 5.82 Å². The molecule has 0 spiro atoms. The first-order valence-corrected chi connectivity index (χ1v) is 11.4. The highest BCUT2D eigenvalue weighted by atomic mass is 79.9. The van der Waals surface area contributed by atoms with E-state index in [9.17, 15) is 4.39 Å². The van der Waals surface area contributed by atoms with Crippen molar-refractivity contribution in [3.05, 3.63) is 70.4 Å². The van der Waals surface area contributed by atoms with Crippen LogP contribution in [0.2, 0.25) is 5.02 Å². The fraction of sp³-hybridized carbons (Fsp3) is 0.143. The molecule has 0 bridgehead atoms. The number of hydrogen-bond donors (Lipinski definition) is 3. The van der Waals surface area contributed by atoms with E-state index >= 15 is 0 Å². The minimum Gasteiger partial charge on any atom is -0.432 e. The number of H-pyrrole nitrogens is 1. The maximum atomic E-state index is 13.8. The predicted octanol–water partition coefficient (Wildman–Crippen LogP) is 6.39. The molecule has 160 valence electrons. The molecular weight excluding hydrogens is 505 g/mol. The molecule has 4 rings (SSSR count). The van der Waals surface area contributed by atoms with Crippen molar-refractivity contribution in [2.24, 2.45) is 0 Å². The highest BCUT2D eigenvalue weighted by Crippen LogP contribution is 2.31. The average molecular weight is 523 g/mol. The number of aromatic nitrogens is 3. The lowest BCUT2D eigenvalue weighted by molar-refractivity contribution is 0.569. The molecule has 0 radical (unpaired) electrons. The molecule has 0 aliphatic heterocycles. The predicted molar refractivity (Wildman–Crippen MR) is 126 cm³/mol. The molecular formula is C21H18BrClFN5OS. The Morgan fingerprint density at radius 2 is 2.00 bits per heavy atom. The first-order valence-electron chi connectivity index (χ1n) is 9.43. The third-order valence-corrected chi connectivity index (χ3v) is 6.35. The van der Waals surface area contributed by atoms with Crippen molar-refractivity contribution in [1.29, 1.82) is 0 Å². The SMILES string of the molecule is Fc1cc(-c2cnc(-c3ccc(Cl)c(SNCCCNc4ncco4)c3)[nH]2)ccc1Br. The summed E-state index contributed by atoms with van der Waals surface area (Å²) in [6.45, 7) is 1.52. The summed E-state index contributed by atoms with van der Waals surface area (Å²) < 4.78 is 22.7. The number of rotatable bonds is 9. The topological polar surface area (TPSA) is 78.8 Å². The number of anilines is 1. The first kappa shape index (κ1) is 21.9. The van der Waals surface area contributed by atoms with Crippen LogP contribution in [-0.2, 0) is 0 Å². The minimum atomic E-state index is -0.319. The van der Waals surface area contributed by atoms with Gasteiger partial charge in [-0.3, -0.25) is 4.72 Å². The van der Waals surface area contributed by atoms with Crippen LogP contribution in [-0.4, -0.2) is 28.0 Å². The third-order valence-electron chi connectivity index (χ3n) is 4.36. The Labute approximate surface area is 196 Å². The monoisotopic (exact) mass is 521 g/mol. The van der Waals surface area contributed by atoms with Gasteiger partial charge in [0, 0.05) is 29.1 Å². The molecule has 0 saturated heterocycles. The van der Waals surface area contributed by atoms with E-state index < -0.39 is 0 Å². The molecule has 0 unspecified atom stereocenters. The van der Waals surface area contributed by atoms with E-state index in [-0.39, 0.29) is 5.82 Å². The lowest BCUT2D eigenvalue weighted by atomic mass is 10.2. The van der Waals surface area contributed by atoms with Gasteiger partial charge in [-0.05, 0) is 64.6 Å². The molecule has 0 saturated carbocycles. The second-order valence-corrected chi connectivity index (χ2v) is 8.73. The highest BCUT2D eigenvalue weighted by Gasteiger charge is 2.10. The van der Waals surface area contributed by atoms with Gasteiger partial charge < -0.3 is 14.7 Å². The van der Waals surface area contributed by atoms with Gasteiger partial charge in [0.25, 0.3) is 6.01 Å². The summed E-state index contributed by atoms with van der Waals surface area (Å²) in [4.78, 5) is 12.6. The van der Waals surface area contributed by atoms with Crippen LogP contribution in [0.25, 0.3) is 22.6 Å². The Morgan fingerprint density at radius 1 is 1.13 bits per heavy atom. The van der Waals surface area contributed by atoms with Crippen LogP contribution >= 0.6 is 39.5 Å². The van der Waals surface area contributed by atoms with Crippen LogP contribution in [0.4, 0.5) is 10.4 Å². The molecule has 0 aliphatic carbocycles. The molecule has 2 heterocycles. The van der Waals surface area contributed by atoms with E-state index in [1.54, 1.807) is 18.5 Å². The van der Waals surface area contributed by atoms with Crippen LogP contribution in [0.1, 0.15) is 6.42 Å². The standard InChI is InChI=1S/C21H18BrClFN5OS/c22-15-4-2-13(10-17(15)24)18-12-27-20(29-18)14-3-5-16(23)19(11-14)31-28-7-1-6-25-21-26-8-9-30-21/h2-5,8-12,28H,1,6-7H2,(H,25,26)(H,27,29). The molecule has 0 fully saturated rings. The van der Waals surface area contributed by atoms with E-state index in [1.165, 1.54) is 24.3 Å². The van der Waals surface area contributed by atoms with E-state index in [0.717, 1.165) is 41.2 Å². The van der Waals surface area contributed by atoms with Gasteiger partial charge in [0.2, 0.25) is 0 Å². The van der Waals surface area contributed by atoms with E-state index in [4.69, 9.17) is 16.0 Å². The Kier molecular flexibility index (Phi) is 7.29. The zero-order valence-electron chi connectivity index (χ0n) is 16.2. The maximum Gasteiger partial charge on any atom is 0.294 e. The summed E-state index contributed by atoms with van der Waals surface area (Å²) in [5.41, 5.74) is 2.35. The van der Waals surface area contributed by atoms with Crippen LogP contribution < -0.4 is 10.0 Å². The van der Waals surface area contributed by atoms with Crippen molar-refractivity contribution in [1.82, 2.24) is 19.7 Å². The second kappa shape index (κ2) is 10.3. The highest BCUT2D eigenvalue weighted by molar-refractivity contribution is 9.10. The molecule has 2 aromatic carbocycles. The van der Waals surface area contributed by atoms with Crippen molar-refractivity contribution in [3.8, 4) is 22.6 Å². The van der Waals surface area contributed by atoms with Gasteiger partial charge in [-0.25, -0.2) is 14.4 Å². The number of halogens is 3. The lowest BCUT2D eigenvalue weighted by Gasteiger charge is -2.08. The fourth-order valence-electron chi connectivity index (χ4n) is 2.80. The molecule has 3 N–H and O–H groups in total. The van der Waals surface area contributed by atoms with E-state index in [1.807, 2.05) is 24.3 Å². The Bertz CT molecular complexity index is 1150. The fourth-order valence-corrected chi connectivity index (χ4v) is 4.04. The van der Waals surface area contributed by atoms with Crippen LogP contribution in [0.15, 0.2) is 68.8 Å². The average Bonchev–Trinajstić information content (AvgIpc) is 3.46. The van der Waals surface area contributed by atoms with E-state index in [0.29, 0.717) is 21.3 Å². The number of oxazole rings is 1. The molecule has 0 amide bonds. The summed E-state index contributed by atoms with van der Waals surface area (Å²) in [6.07, 6.45) is 5.71. The van der Waals surface area contributed by atoms with Gasteiger partial charge >= 0.3 is 0 Å². The largest absolute Gasteiger partial charge is 0.432 e. The van der Waals surface area contributed by atoms with Gasteiger partial charge in [-0.2, -0.15) is 0 Å². The summed E-state index contributed by atoms with van der Waals surface area (Å²) in [6, 6.07) is 11.2. The number of nitrogens with zero attached hydrogens (tertiary/aromatic N) is 2. The maximum absolute atomic E-state index is 13.8. The molecule has 0 atom stereocenters. The van der Waals surface area contributed by atoms with E-state index in [2.05, 4.69) is 40.9 Å². The number of benzene rings is 2. The summed E-state index contributed by atoms with van der Waals surface area (Å²) in [5, 5.41) is 3.75. The molecule has 0 aliphatic rings. The van der Waals surface area contributed by atoms with Crippen molar-refractivity contribution in [3.63, 3.8) is 0 Å². The van der Waals surface area contributed by atoms with Crippen LogP contribution in [0.3, 0.4) is 0 Å². The van der Waals surface area contributed by atoms with Gasteiger partial charge in [0.05, 0.1) is 27.6 Å². The smallest absolute Gasteiger partial charge is 0.294 e. The summed E-state index contributed by atoms with van der Waals surface area (Å²) in [5.74, 6) is 0.368. The van der Waals surface area contributed by atoms with Crippen molar-refractivity contribution < 1.29 is 8.81 Å². The number of nitrogens with one attached hydrogen (secondary N) is 3. The Hall–Kier alpha value is -2.33. The summed E-state index contributed by atoms with van der Waals surface area (Å²) >= 11 is 11.0. The van der Waals surface area contributed by atoms with Crippen molar-refractivity contribution in [2.75, 3.05) is 18.4 Å². The molecule has 6 nitrogen and oxygen atoms in total. The molecule has 4 aromatic rings. The number of hydrogen-bond acceptors (Lipinski definition) is 6. The molecule has 10 heteroatoms. The second-order valence-electron chi connectivity index (χ2n) is 6.53. The van der Waals surface area contributed by atoms with Crippen molar-refractivity contribution >= 4 is 45.5 Å². The van der Waals surface area contributed by atoms with Gasteiger partial charge in [-0.1, -0.05) is 17.7 Å². The van der Waals surface area contributed by atoms with Gasteiger partial charge in [0.15, 0.2) is 0 Å². The molecule has 2 aromatic heterocycles. The van der Waals surface area contributed by atoms with Gasteiger partial charge in [0.1, 0.15) is 17.9 Å². The number of aromatic amines is 1. The Balaban J connectivity index is 1.36. The first-order chi connectivity index (χ1) is 15.1. The molecule has 31 heavy (non-hydrogen) atoms.